The van der Waals surface area contributed by atoms with Gasteiger partial charge in [0, 0.05) is 18.7 Å². The van der Waals surface area contributed by atoms with Gasteiger partial charge in [0.2, 0.25) is 5.91 Å². The molecule has 3 aromatic rings. The highest BCUT2D eigenvalue weighted by Gasteiger charge is 2.19. The zero-order valence-electron chi connectivity index (χ0n) is 17.0. The highest BCUT2D eigenvalue weighted by atomic mass is 32.1. The summed E-state index contributed by atoms with van der Waals surface area (Å²) in [5.41, 5.74) is 2.79. The smallest absolute Gasteiger partial charge is 0.411 e. The zero-order chi connectivity index (χ0) is 21.8. The van der Waals surface area contributed by atoms with E-state index < -0.39 is 6.09 Å². The van der Waals surface area contributed by atoms with Crippen LogP contribution in [-0.4, -0.2) is 28.1 Å². The minimum absolute atomic E-state index is 0.0815. The lowest BCUT2D eigenvalue weighted by atomic mass is 9.98. The molecule has 1 saturated carbocycles. The third-order valence-electron chi connectivity index (χ3n) is 5.06. The summed E-state index contributed by atoms with van der Waals surface area (Å²) >= 11 is 1.37. The van der Waals surface area contributed by atoms with E-state index >= 15 is 0 Å². The van der Waals surface area contributed by atoms with Gasteiger partial charge in [-0.15, -0.1) is 0 Å². The lowest BCUT2D eigenvalue weighted by Crippen LogP contribution is -2.24. The number of anilines is 2. The van der Waals surface area contributed by atoms with E-state index in [0.29, 0.717) is 10.8 Å². The summed E-state index contributed by atoms with van der Waals surface area (Å²) in [6, 6.07) is 9.39. The normalized spacial score (nSPS) is 14.1. The Morgan fingerprint density at radius 2 is 1.97 bits per heavy atom. The van der Waals surface area contributed by atoms with Crippen LogP contribution in [0.15, 0.2) is 30.5 Å². The molecule has 2 amide bonds. The molecule has 31 heavy (non-hydrogen) atoms. The third kappa shape index (κ3) is 4.98. The molecule has 1 aromatic carbocycles. The molecule has 9 heteroatoms. The Balaban J connectivity index is 1.57. The molecule has 0 unspecified atom stereocenters. The molecule has 4 rings (SSSR count). The van der Waals surface area contributed by atoms with Gasteiger partial charge in [-0.25, -0.2) is 14.8 Å². The van der Waals surface area contributed by atoms with Gasteiger partial charge < -0.3 is 10.1 Å². The number of nitriles is 1. The fraction of sp³-hybridized carbons (Fsp3) is 0.318. The van der Waals surface area contributed by atoms with Crippen LogP contribution in [0.1, 0.15) is 44.7 Å². The molecule has 8 nitrogen and oxygen atoms in total. The molecule has 0 spiro atoms. The van der Waals surface area contributed by atoms with Crippen LogP contribution in [0, 0.1) is 11.3 Å². The minimum Gasteiger partial charge on any atom is -0.446 e. The molecule has 1 fully saturated rings. The van der Waals surface area contributed by atoms with Crippen molar-refractivity contribution < 1.29 is 14.3 Å². The van der Waals surface area contributed by atoms with Crippen molar-refractivity contribution in [3.8, 4) is 17.2 Å². The summed E-state index contributed by atoms with van der Waals surface area (Å²) in [4.78, 5) is 32.2. The molecular formula is C22H21N5O3S. The molecule has 2 aromatic heterocycles. The van der Waals surface area contributed by atoms with Gasteiger partial charge in [-0.05, 0) is 49.4 Å². The highest BCUT2D eigenvalue weighted by Crippen LogP contribution is 2.32. The van der Waals surface area contributed by atoms with Gasteiger partial charge in [0.25, 0.3) is 0 Å². The fourth-order valence-electron chi connectivity index (χ4n) is 3.59. The predicted molar refractivity (Wildman–Crippen MR) is 119 cm³/mol. The van der Waals surface area contributed by atoms with Crippen LogP contribution < -0.4 is 10.6 Å². The van der Waals surface area contributed by atoms with Crippen molar-refractivity contribution in [3.63, 3.8) is 0 Å². The van der Waals surface area contributed by atoms with Crippen molar-refractivity contribution in [2.24, 2.45) is 0 Å². The fourth-order valence-corrected chi connectivity index (χ4v) is 4.54. The van der Waals surface area contributed by atoms with Crippen molar-refractivity contribution in [2.45, 2.75) is 45.1 Å². The number of benzene rings is 1. The number of fused-ring (bicyclic) bond motifs is 1. The van der Waals surface area contributed by atoms with Gasteiger partial charge in [-0.2, -0.15) is 5.26 Å². The second-order valence-corrected chi connectivity index (χ2v) is 8.44. The van der Waals surface area contributed by atoms with E-state index in [-0.39, 0.29) is 17.7 Å². The van der Waals surface area contributed by atoms with Gasteiger partial charge in [-0.1, -0.05) is 23.8 Å². The van der Waals surface area contributed by atoms with E-state index in [4.69, 9.17) is 4.74 Å². The van der Waals surface area contributed by atoms with Gasteiger partial charge in [0.05, 0.1) is 15.9 Å². The lowest BCUT2D eigenvalue weighted by molar-refractivity contribution is -0.114. The van der Waals surface area contributed by atoms with Gasteiger partial charge >= 0.3 is 6.09 Å². The summed E-state index contributed by atoms with van der Waals surface area (Å²) in [7, 11) is 0. The average Bonchev–Trinajstić information content (AvgIpc) is 3.15. The van der Waals surface area contributed by atoms with Crippen molar-refractivity contribution in [1.29, 1.82) is 5.26 Å². The summed E-state index contributed by atoms with van der Waals surface area (Å²) in [6.45, 7) is 1.44. The number of carbonyl (C=O) groups excluding carboxylic acids is 2. The highest BCUT2D eigenvalue weighted by molar-refractivity contribution is 7.22. The van der Waals surface area contributed by atoms with Gasteiger partial charge in [0.1, 0.15) is 12.2 Å². The van der Waals surface area contributed by atoms with Crippen LogP contribution in [0.2, 0.25) is 0 Å². The minimum atomic E-state index is -0.569. The Morgan fingerprint density at radius 1 is 1.16 bits per heavy atom. The average molecular weight is 436 g/mol. The molecule has 1 aliphatic carbocycles. The van der Waals surface area contributed by atoms with E-state index in [1.165, 1.54) is 24.7 Å². The Bertz CT molecular complexity index is 1180. The second-order valence-electron chi connectivity index (χ2n) is 7.40. The van der Waals surface area contributed by atoms with Crippen LogP contribution in [0.5, 0.6) is 0 Å². The number of amides is 2. The van der Waals surface area contributed by atoms with Crippen molar-refractivity contribution in [2.75, 3.05) is 10.6 Å². The molecular weight excluding hydrogens is 414 g/mol. The number of nitrogens with zero attached hydrogens (tertiary/aromatic N) is 3. The number of hydrogen-bond donors (Lipinski definition) is 2. The molecule has 0 bridgehead atoms. The van der Waals surface area contributed by atoms with Crippen molar-refractivity contribution >= 4 is 44.4 Å². The number of thiazole rings is 1. The van der Waals surface area contributed by atoms with Crippen LogP contribution in [0.4, 0.5) is 15.6 Å². The quantitative estimate of drug-likeness (QED) is 0.591. The first-order valence-electron chi connectivity index (χ1n) is 10.1. The number of hydrogen-bond acceptors (Lipinski definition) is 7. The Morgan fingerprint density at radius 3 is 2.71 bits per heavy atom. The Hall–Kier alpha value is -3.51. The van der Waals surface area contributed by atoms with Crippen LogP contribution in [-0.2, 0) is 9.53 Å². The van der Waals surface area contributed by atoms with Crippen molar-refractivity contribution in [3.05, 3.63) is 36.2 Å². The number of nitrogens with one attached hydrogen (secondary N) is 2. The number of carbonyl (C=O) groups is 2. The third-order valence-corrected chi connectivity index (χ3v) is 5.99. The van der Waals surface area contributed by atoms with Gasteiger partial charge in [-0.3, -0.25) is 10.1 Å². The lowest BCUT2D eigenvalue weighted by Gasteiger charge is -2.22. The van der Waals surface area contributed by atoms with E-state index in [2.05, 4.69) is 20.6 Å². The Labute approximate surface area is 183 Å². The second kappa shape index (κ2) is 9.10. The standard InChI is InChI=1S/C22H21N5O3S/c1-13(28)25-21-26-17-8-7-14(10-20(17)31-21)15-9-18(19(11-23)24-12-15)27-22(29)30-16-5-3-2-4-6-16/h7-10,12,16H,2-6H2,1H3,(H,27,29)(H,25,26,28). The first-order valence-corrected chi connectivity index (χ1v) is 10.9. The first-order chi connectivity index (χ1) is 15.0. The van der Waals surface area contributed by atoms with Crippen LogP contribution in [0.3, 0.4) is 0 Å². The maximum atomic E-state index is 12.4. The molecule has 2 N–H and O–H groups in total. The number of rotatable bonds is 4. The summed E-state index contributed by atoms with van der Waals surface area (Å²) in [6.07, 6.45) is 5.96. The van der Waals surface area contributed by atoms with E-state index in [9.17, 15) is 14.9 Å². The maximum Gasteiger partial charge on any atom is 0.411 e. The van der Waals surface area contributed by atoms with E-state index in [1.54, 1.807) is 12.3 Å². The first kappa shape index (κ1) is 20.8. The zero-order valence-corrected chi connectivity index (χ0v) is 17.8. The summed E-state index contributed by atoms with van der Waals surface area (Å²) in [5, 5.41) is 15.3. The van der Waals surface area contributed by atoms with E-state index in [0.717, 1.165) is 47.0 Å². The Kier molecular flexibility index (Phi) is 6.09. The summed E-state index contributed by atoms with van der Waals surface area (Å²) in [5.74, 6) is -0.175. The van der Waals surface area contributed by atoms with E-state index in [1.807, 2.05) is 24.3 Å². The van der Waals surface area contributed by atoms with Crippen LogP contribution >= 0.6 is 11.3 Å². The molecule has 0 saturated heterocycles. The molecule has 1 aliphatic rings. The maximum absolute atomic E-state index is 12.4. The number of ether oxygens (including phenoxy) is 1. The molecule has 0 radical (unpaired) electrons. The molecule has 2 heterocycles. The SMILES string of the molecule is CC(=O)Nc1nc2ccc(-c3cnc(C#N)c(NC(=O)OC4CCCCC4)c3)cc2s1. The number of pyridine rings is 1. The predicted octanol–water partition coefficient (Wildman–Crippen LogP) is 5.07. The molecule has 0 aliphatic heterocycles. The number of aromatic nitrogens is 2. The monoisotopic (exact) mass is 435 g/mol. The van der Waals surface area contributed by atoms with Gasteiger partial charge in [0.15, 0.2) is 10.8 Å². The topological polar surface area (TPSA) is 117 Å². The van der Waals surface area contributed by atoms with Crippen LogP contribution in [0.25, 0.3) is 21.3 Å². The molecule has 158 valence electrons. The molecule has 0 atom stereocenters. The largest absolute Gasteiger partial charge is 0.446 e. The van der Waals surface area contributed by atoms with Crippen molar-refractivity contribution in [1.82, 2.24) is 9.97 Å². The summed E-state index contributed by atoms with van der Waals surface area (Å²) < 4.78 is 6.40.